The largest absolute Gasteiger partial charge is 0.326 e. The zero-order valence-electron chi connectivity index (χ0n) is 11.1. The quantitative estimate of drug-likeness (QED) is 0.694. The highest BCUT2D eigenvalue weighted by atomic mass is 79.9. The Morgan fingerprint density at radius 2 is 2.16 bits per heavy atom. The fourth-order valence-electron chi connectivity index (χ4n) is 3.07. The highest BCUT2D eigenvalue weighted by Gasteiger charge is 2.20. The lowest BCUT2D eigenvalue weighted by atomic mass is 10.1. The maximum Gasteiger partial charge on any atom is 0.127 e. The second-order valence-electron chi connectivity index (χ2n) is 5.48. The minimum absolute atomic E-state index is 0.0485. The Bertz CT molecular complexity index is 585. The number of hydrogen-bond donors (Lipinski definition) is 0. The number of alkyl halides is 1. The van der Waals surface area contributed by atoms with Gasteiger partial charge in [-0.3, -0.25) is 0 Å². The Hall–Kier alpha value is -0.540. The van der Waals surface area contributed by atoms with Gasteiger partial charge in [-0.2, -0.15) is 0 Å². The molecule has 0 spiro atoms. The number of rotatable bonds is 3. The molecule has 1 aliphatic rings. The van der Waals surface area contributed by atoms with E-state index in [4.69, 9.17) is 16.6 Å². The van der Waals surface area contributed by atoms with Gasteiger partial charge in [0.05, 0.1) is 16.4 Å². The summed E-state index contributed by atoms with van der Waals surface area (Å²) in [7, 11) is 0. The molecule has 1 fully saturated rings. The molecule has 19 heavy (non-hydrogen) atoms. The van der Waals surface area contributed by atoms with E-state index in [1.54, 1.807) is 0 Å². The van der Waals surface area contributed by atoms with Crippen LogP contribution in [0.4, 0.5) is 0 Å². The van der Waals surface area contributed by atoms with Crippen LogP contribution in [0, 0.1) is 5.92 Å². The summed E-state index contributed by atoms with van der Waals surface area (Å²) >= 11 is 9.82. The van der Waals surface area contributed by atoms with Crippen molar-refractivity contribution in [2.45, 2.75) is 44.5 Å². The normalized spacial score (nSPS) is 18.3. The van der Waals surface area contributed by atoms with Crippen LogP contribution in [0.2, 0.25) is 0 Å². The number of nitrogens with zero attached hydrogens (tertiary/aromatic N) is 2. The maximum absolute atomic E-state index is 6.31. The van der Waals surface area contributed by atoms with Gasteiger partial charge < -0.3 is 4.57 Å². The van der Waals surface area contributed by atoms with Gasteiger partial charge in [-0.15, -0.1) is 11.6 Å². The van der Waals surface area contributed by atoms with Crippen LogP contribution in [0.5, 0.6) is 0 Å². The van der Waals surface area contributed by atoms with Gasteiger partial charge in [0.25, 0.3) is 0 Å². The molecule has 102 valence electrons. The standard InChI is InChI=1S/C15H18BrClN2/c1-10(17)15-18-13-8-12(16)6-7-14(13)19(15)9-11-4-2-3-5-11/h6-8,10-11H,2-5,9H2,1H3. The summed E-state index contributed by atoms with van der Waals surface area (Å²) < 4.78 is 3.40. The van der Waals surface area contributed by atoms with E-state index in [0.717, 1.165) is 28.3 Å². The lowest BCUT2D eigenvalue weighted by molar-refractivity contribution is 0.454. The molecule has 1 atom stereocenters. The maximum atomic E-state index is 6.31. The van der Waals surface area contributed by atoms with Crippen molar-refractivity contribution in [2.75, 3.05) is 0 Å². The smallest absolute Gasteiger partial charge is 0.127 e. The second kappa shape index (κ2) is 5.45. The van der Waals surface area contributed by atoms with Crippen LogP contribution in [0.15, 0.2) is 22.7 Å². The molecular weight excluding hydrogens is 324 g/mol. The molecule has 1 heterocycles. The molecule has 2 nitrogen and oxygen atoms in total. The minimum Gasteiger partial charge on any atom is -0.326 e. The molecule has 1 unspecified atom stereocenters. The zero-order valence-corrected chi connectivity index (χ0v) is 13.4. The first kappa shape index (κ1) is 13.4. The predicted octanol–water partition coefficient (Wildman–Crippen LogP) is 5.29. The molecule has 1 aromatic carbocycles. The molecule has 0 radical (unpaired) electrons. The SMILES string of the molecule is CC(Cl)c1nc2cc(Br)ccc2n1CC1CCCC1. The van der Waals surface area contributed by atoms with Crippen LogP contribution in [0.25, 0.3) is 11.0 Å². The number of fused-ring (bicyclic) bond motifs is 1. The van der Waals surface area contributed by atoms with Crippen molar-refractivity contribution in [3.63, 3.8) is 0 Å². The number of imidazole rings is 1. The summed E-state index contributed by atoms with van der Waals surface area (Å²) in [4.78, 5) is 4.72. The Morgan fingerprint density at radius 3 is 2.84 bits per heavy atom. The molecule has 1 aromatic heterocycles. The van der Waals surface area contributed by atoms with Gasteiger partial charge in [0, 0.05) is 11.0 Å². The van der Waals surface area contributed by atoms with Gasteiger partial charge in [0.15, 0.2) is 0 Å². The van der Waals surface area contributed by atoms with Crippen molar-refractivity contribution in [1.82, 2.24) is 9.55 Å². The molecule has 4 heteroatoms. The van der Waals surface area contributed by atoms with E-state index in [0.29, 0.717) is 0 Å². The first-order valence-electron chi connectivity index (χ1n) is 6.95. The van der Waals surface area contributed by atoms with Crippen molar-refractivity contribution in [1.29, 1.82) is 0 Å². The molecular formula is C15H18BrClN2. The first-order chi connectivity index (χ1) is 9.15. The molecule has 1 saturated carbocycles. The van der Waals surface area contributed by atoms with E-state index < -0.39 is 0 Å². The third-order valence-corrected chi connectivity index (χ3v) is 4.70. The van der Waals surface area contributed by atoms with Gasteiger partial charge in [-0.1, -0.05) is 28.8 Å². The van der Waals surface area contributed by atoms with Gasteiger partial charge in [0.2, 0.25) is 0 Å². The minimum atomic E-state index is -0.0485. The van der Waals surface area contributed by atoms with E-state index in [-0.39, 0.29) is 5.38 Å². The number of aromatic nitrogens is 2. The highest BCUT2D eigenvalue weighted by molar-refractivity contribution is 9.10. The summed E-state index contributed by atoms with van der Waals surface area (Å²) in [5.74, 6) is 1.79. The molecule has 0 aliphatic heterocycles. The summed E-state index contributed by atoms with van der Waals surface area (Å²) in [5.41, 5.74) is 2.24. The third kappa shape index (κ3) is 2.68. The predicted molar refractivity (Wildman–Crippen MR) is 83.7 cm³/mol. The monoisotopic (exact) mass is 340 g/mol. The number of halogens is 2. The van der Waals surface area contributed by atoms with Gasteiger partial charge in [-0.25, -0.2) is 4.98 Å². The van der Waals surface area contributed by atoms with Crippen molar-refractivity contribution in [2.24, 2.45) is 5.92 Å². The van der Waals surface area contributed by atoms with Gasteiger partial charge in [-0.05, 0) is 43.9 Å². The highest BCUT2D eigenvalue weighted by Crippen LogP contribution is 2.31. The zero-order chi connectivity index (χ0) is 13.4. The molecule has 2 aromatic rings. The molecule has 0 N–H and O–H groups in total. The summed E-state index contributed by atoms with van der Waals surface area (Å²) in [6, 6.07) is 6.30. The average Bonchev–Trinajstić information content (AvgIpc) is 2.97. The summed E-state index contributed by atoms with van der Waals surface area (Å²) in [6.07, 6.45) is 5.42. The molecule has 1 aliphatic carbocycles. The topological polar surface area (TPSA) is 17.8 Å². The van der Waals surface area contributed by atoms with E-state index in [9.17, 15) is 0 Å². The molecule has 3 rings (SSSR count). The van der Waals surface area contributed by atoms with Gasteiger partial charge >= 0.3 is 0 Å². The van der Waals surface area contributed by atoms with E-state index in [1.165, 1.54) is 31.2 Å². The summed E-state index contributed by atoms with van der Waals surface area (Å²) in [6.45, 7) is 3.06. The fourth-order valence-corrected chi connectivity index (χ4v) is 3.58. The Balaban J connectivity index is 2.05. The van der Waals surface area contributed by atoms with Crippen molar-refractivity contribution in [3.05, 3.63) is 28.5 Å². The van der Waals surface area contributed by atoms with Crippen molar-refractivity contribution >= 4 is 38.6 Å². The van der Waals surface area contributed by atoms with E-state index >= 15 is 0 Å². The van der Waals surface area contributed by atoms with Crippen LogP contribution in [-0.4, -0.2) is 9.55 Å². The van der Waals surface area contributed by atoms with Crippen molar-refractivity contribution in [3.8, 4) is 0 Å². The third-order valence-electron chi connectivity index (χ3n) is 4.01. The first-order valence-corrected chi connectivity index (χ1v) is 8.18. The number of hydrogen-bond acceptors (Lipinski definition) is 1. The van der Waals surface area contributed by atoms with Crippen molar-refractivity contribution < 1.29 is 0 Å². The Labute approximate surface area is 127 Å². The average molecular weight is 342 g/mol. The Kier molecular flexibility index (Phi) is 3.86. The van der Waals surface area contributed by atoms with Crippen LogP contribution in [-0.2, 0) is 6.54 Å². The summed E-state index contributed by atoms with van der Waals surface area (Å²) in [5, 5.41) is -0.0485. The van der Waals surface area contributed by atoms with E-state index in [1.807, 2.05) is 6.92 Å². The van der Waals surface area contributed by atoms with E-state index in [2.05, 4.69) is 38.7 Å². The second-order valence-corrected chi connectivity index (χ2v) is 7.05. The van der Waals surface area contributed by atoms with Crippen LogP contribution in [0.1, 0.15) is 43.8 Å². The lowest BCUT2D eigenvalue weighted by Gasteiger charge is -2.15. The number of benzene rings is 1. The molecule has 0 saturated heterocycles. The van der Waals surface area contributed by atoms with Crippen LogP contribution >= 0.6 is 27.5 Å². The van der Waals surface area contributed by atoms with Gasteiger partial charge in [0.1, 0.15) is 5.82 Å². The Morgan fingerprint density at radius 1 is 1.42 bits per heavy atom. The van der Waals surface area contributed by atoms with Crippen LogP contribution in [0.3, 0.4) is 0 Å². The van der Waals surface area contributed by atoms with Crippen LogP contribution < -0.4 is 0 Å². The molecule has 0 amide bonds. The molecule has 0 bridgehead atoms. The lowest BCUT2D eigenvalue weighted by Crippen LogP contribution is -2.11. The fraction of sp³-hybridized carbons (Fsp3) is 0.533.